The van der Waals surface area contributed by atoms with E-state index in [4.69, 9.17) is 9.47 Å². The Morgan fingerprint density at radius 3 is 2.58 bits per heavy atom. The Balaban J connectivity index is 1.88. The van der Waals surface area contributed by atoms with Crippen LogP contribution >= 0.6 is 0 Å². The molecule has 0 saturated carbocycles. The third-order valence-electron chi connectivity index (χ3n) is 3.23. The molecule has 0 unspecified atom stereocenters. The van der Waals surface area contributed by atoms with Gasteiger partial charge in [-0.25, -0.2) is 0 Å². The fourth-order valence-corrected chi connectivity index (χ4v) is 2.11. The molecule has 0 radical (unpaired) electrons. The molecule has 104 valence electrons. The number of benzene rings is 1. The minimum atomic E-state index is 0.225. The van der Waals surface area contributed by atoms with Gasteiger partial charge in [0, 0.05) is 13.0 Å². The Morgan fingerprint density at radius 1 is 1.21 bits per heavy atom. The molecule has 1 heterocycles. The van der Waals surface area contributed by atoms with E-state index in [0.717, 1.165) is 31.0 Å². The molecule has 1 N–H and O–H groups in total. The van der Waals surface area contributed by atoms with Gasteiger partial charge in [0.1, 0.15) is 19.0 Å². The Bertz CT molecular complexity index is 457. The summed E-state index contributed by atoms with van der Waals surface area (Å²) in [5, 5.41) is 3.28. The largest absolute Gasteiger partial charge is 0.486 e. The molecular weight excluding hydrogens is 242 g/mol. The smallest absolute Gasteiger partial charge is 0.161 e. The van der Waals surface area contributed by atoms with Crippen LogP contribution < -0.4 is 14.8 Å². The fourth-order valence-electron chi connectivity index (χ4n) is 2.11. The summed E-state index contributed by atoms with van der Waals surface area (Å²) in [7, 11) is 0. The summed E-state index contributed by atoms with van der Waals surface area (Å²) in [4.78, 5) is 10.8. The van der Waals surface area contributed by atoms with Gasteiger partial charge in [0.2, 0.25) is 0 Å². The highest BCUT2D eigenvalue weighted by Crippen LogP contribution is 2.33. The second-order valence-electron chi connectivity index (χ2n) is 4.87. The van der Waals surface area contributed by atoms with E-state index in [1.54, 1.807) is 6.92 Å². The molecule has 1 aromatic rings. The van der Waals surface area contributed by atoms with Crippen molar-refractivity contribution in [2.75, 3.05) is 26.3 Å². The van der Waals surface area contributed by atoms with Crippen LogP contribution in [0.25, 0.3) is 0 Å². The zero-order valence-corrected chi connectivity index (χ0v) is 11.6. The number of ether oxygens (including phenoxy) is 2. The SMILES string of the molecule is CC(=O)CCNCCc1cc2c(cc1C)OCCO2. The van der Waals surface area contributed by atoms with E-state index in [0.29, 0.717) is 19.6 Å². The lowest BCUT2D eigenvalue weighted by atomic mass is 10.0. The maximum Gasteiger partial charge on any atom is 0.161 e. The van der Waals surface area contributed by atoms with Gasteiger partial charge in [-0.05, 0) is 50.1 Å². The molecule has 1 aromatic carbocycles. The lowest BCUT2D eigenvalue weighted by Crippen LogP contribution is -2.21. The molecule has 1 aliphatic heterocycles. The van der Waals surface area contributed by atoms with Gasteiger partial charge in [0.15, 0.2) is 11.5 Å². The van der Waals surface area contributed by atoms with Crippen LogP contribution in [-0.4, -0.2) is 32.1 Å². The van der Waals surface area contributed by atoms with Crippen LogP contribution in [0.5, 0.6) is 11.5 Å². The van der Waals surface area contributed by atoms with Crippen LogP contribution in [0.15, 0.2) is 12.1 Å². The van der Waals surface area contributed by atoms with Gasteiger partial charge in [-0.2, -0.15) is 0 Å². The Hall–Kier alpha value is -1.55. The zero-order chi connectivity index (χ0) is 13.7. The standard InChI is InChI=1S/C15H21NO3/c1-11-9-14-15(19-8-7-18-14)10-13(11)4-6-16-5-3-12(2)17/h9-10,16H,3-8H2,1-2H3. The molecule has 4 heteroatoms. The van der Waals surface area contributed by atoms with Crippen molar-refractivity contribution in [3.05, 3.63) is 23.3 Å². The van der Waals surface area contributed by atoms with Crippen LogP contribution in [0.4, 0.5) is 0 Å². The first-order valence-electron chi connectivity index (χ1n) is 6.76. The van der Waals surface area contributed by atoms with Gasteiger partial charge in [-0.1, -0.05) is 0 Å². The normalized spacial score (nSPS) is 13.4. The van der Waals surface area contributed by atoms with Crippen molar-refractivity contribution in [1.82, 2.24) is 5.32 Å². The highest BCUT2D eigenvalue weighted by atomic mass is 16.6. The van der Waals surface area contributed by atoms with Crippen LogP contribution in [-0.2, 0) is 11.2 Å². The predicted octanol–water partition coefficient (Wildman–Crippen LogP) is 1.88. The number of carbonyl (C=O) groups excluding carboxylic acids is 1. The molecule has 0 aromatic heterocycles. The number of nitrogens with one attached hydrogen (secondary N) is 1. The number of hydrogen-bond donors (Lipinski definition) is 1. The first kappa shape index (κ1) is 13.9. The van der Waals surface area contributed by atoms with E-state index in [9.17, 15) is 4.79 Å². The second-order valence-corrected chi connectivity index (χ2v) is 4.87. The van der Waals surface area contributed by atoms with Gasteiger partial charge in [-0.3, -0.25) is 4.79 Å². The topological polar surface area (TPSA) is 47.6 Å². The summed E-state index contributed by atoms with van der Waals surface area (Å²) in [6.45, 7) is 6.56. The van der Waals surface area contributed by atoms with Crippen LogP contribution in [0.1, 0.15) is 24.5 Å². The molecular formula is C15H21NO3. The van der Waals surface area contributed by atoms with E-state index in [2.05, 4.69) is 18.3 Å². The van der Waals surface area contributed by atoms with E-state index >= 15 is 0 Å². The second kappa shape index (κ2) is 6.57. The first-order chi connectivity index (χ1) is 9.16. The van der Waals surface area contributed by atoms with Crippen molar-refractivity contribution < 1.29 is 14.3 Å². The molecule has 0 bridgehead atoms. The zero-order valence-electron chi connectivity index (χ0n) is 11.6. The average molecular weight is 263 g/mol. The van der Waals surface area contributed by atoms with Gasteiger partial charge in [-0.15, -0.1) is 0 Å². The molecule has 0 saturated heterocycles. The lowest BCUT2D eigenvalue weighted by molar-refractivity contribution is -0.116. The van der Waals surface area contributed by atoms with Gasteiger partial charge < -0.3 is 14.8 Å². The molecule has 0 atom stereocenters. The summed E-state index contributed by atoms with van der Waals surface area (Å²) in [5.74, 6) is 1.91. The highest BCUT2D eigenvalue weighted by molar-refractivity contribution is 5.75. The van der Waals surface area contributed by atoms with Crippen molar-refractivity contribution >= 4 is 5.78 Å². The molecule has 0 amide bonds. The predicted molar refractivity (Wildman–Crippen MR) is 74.0 cm³/mol. The molecule has 19 heavy (non-hydrogen) atoms. The van der Waals surface area contributed by atoms with Gasteiger partial charge in [0.25, 0.3) is 0 Å². The summed E-state index contributed by atoms with van der Waals surface area (Å²) in [6.07, 6.45) is 1.53. The van der Waals surface area contributed by atoms with Crippen LogP contribution in [0, 0.1) is 6.92 Å². The molecule has 0 aliphatic carbocycles. The monoisotopic (exact) mass is 263 g/mol. The number of Topliss-reactive ketones (excluding diaryl/α,β-unsaturated/α-hetero) is 1. The molecule has 4 nitrogen and oxygen atoms in total. The Kier molecular flexibility index (Phi) is 4.80. The summed E-state index contributed by atoms with van der Waals surface area (Å²) in [6, 6.07) is 4.11. The van der Waals surface area contributed by atoms with Crippen molar-refractivity contribution in [2.24, 2.45) is 0 Å². The number of rotatable bonds is 6. The van der Waals surface area contributed by atoms with Crippen molar-refractivity contribution in [2.45, 2.75) is 26.7 Å². The Morgan fingerprint density at radius 2 is 1.89 bits per heavy atom. The van der Waals surface area contributed by atoms with Crippen LogP contribution in [0.2, 0.25) is 0 Å². The van der Waals surface area contributed by atoms with Crippen molar-refractivity contribution in [3.8, 4) is 11.5 Å². The van der Waals surface area contributed by atoms with E-state index in [-0.39, 0.29) is 5.78 Å². The lowest BCUT2D eigenvalue weighted by Gasteiger charge is -2.20. The molecule has 2 rings (SSSR count). The summed E-state index contributed by atoms with van der Waals surface area (Å²) in [5.41, 5.74) is 2.48. The number of carbonyl (C=O) groups is 1. The Labute approximate surface area is 114 Å². The maximum atomic E-state index is 10.8. The third-order valence-corrected chi connectivity index (χ3v) is 3.23. The van der Waals surface area contributed by atoms with E-state index in [1.807, 2.05) is 6.07 Å². The van der Waals surface area contributed by atoms with E-state index in [1.165, 1.54) is 11.1 Å². The molecule has 0 spiro atoms. The van der Waals surface area contributed by atoms with Gasteiger partial charge >= 0.3 is 0 Å². The van der Waals surface area contributed by atoms with E-state index < -0.39 is 0 Å². The van der Waals surface area contributed by atoms with Crippen molar-refractivity contribution in [1.29, 1.82) is 0 Å². The summed E-state index contributed by atoms with van der Waals surface area (Å²) < 4.78 is 11.1. The van der Waals surface area contributed by atoms with Gasteiger partial charge in [0.05, 0.1) is 0 Å². The third kappa shape index (κ3) is 3.96. The molecule has 1 aliphatic rings. The van der Waals surface area contributed by atoms with Crippen LogP contribution in [0.3, 0.4) is 0 Å². The first-order valence-corrected chi connectivity index (χ1v) is 6.76. The van der Waals surface area contributed by atoms with Crippen molar-refractivity contribution in [3.63, 3.8) is 0 Å². The maximum absolute atomic E-state index is 10.8. The molecule has 0 fully saturated rings. The number of fused-ring (bicyclic) bond motifs is 1. The number of ketones is 1. The quantitative estimate of drug-likeness (QED) is 0.796. The average Bonchev–Trinajstić information content (AvgIpc) is 2.38. The summed E-state index contributed by atoms with van der Waals surface area (Å²) >= 11 is 0. The minimum absolute atomic E-state index is 0.225. The highest BCUT2D eigenvalue weighted by Gasteiger charge is 2.13. The number of hydrogen-bond acceptors (Lipinski definition) is 4. The number of aryl methyl sites for hydroxylation is 1. The minimum Gasteiger partial charge on any atom is -0.486 e. The fraction of sp³-hybridized carbons (Fsp3) is 0.533.